The molecule has 0 aromatic carbocycles. The highest BCUT2D eigenvalue weighted by atomic mass is 16.5. The first kappa shape index (κ1) is 11.0. The number of nitrogens with one attached hydrogen (secondary N) is 1. The fraction of sp³-hybridized carbons (Fsp3) is 0.545. The second-order valence-electron chi connectivity index (χ2n) is 3.33. The van der Waals surface area contributed by atoms with Crippen molar-refractivity contribution in [3.63, 3.8) is 0 Å². The van der Waals surface area contributed by atoms with Crippen molar-refractivity contribution in [3.8, 4) is 5.88 Å². The van der Waals surface area contributed by atoms with Crippen molar-refractivity contribution in [2.24, 2.45) is 0 Å². The Balaban J connectivity index is 2.73. The molecule has 78 valence electrons. The van der Waals surface area contributed by atoms with Gasteiger partial charge in [-0.1, -0.05) is 6.92 Å². The van der Waals surface area contributed by atoms with Gasteiger partial charge in [0.05, 0.1) is 6.61 Å². The molecule has 0 aliphatic carbocycles. The van der Waals surface area contributed by atoms with Crippen molar-refractivity contribution < 1.29 is 4.74 Å². The average Bonchev–Trinajstić information content (AvgIpc) is 2.14. The van der Waals surface area contributed by atoms with Gasteiger partial charge >= 0.3 is 0 Å². The Morgan fingerprint density at radius 2 is 2.21 bits per heavy atom. The number of nitrogens with zero attached hydrogens (tertiary/aromatic N) is 1. The largest absolute Gasteiger partial charge is 0.478 e. The van der Waals surface area contributed by atoms with E-state index >= 15 is 0 Å². The summed E-state index contributed by atoms with van der Waals surface area (Å²) in [7, 11) is 1.93. The number of hydrogen-bond donors (Lipinski definition) is 1. The van der Waals surface area contributed by atoms with Crippen molar-refractivity contribution in [2.75, 3.05) is 13.7 Å². The van der Waals surface area contributed by atoms with Crippen LogP contribution in [0.2, 0.25) is 0 Å². The summed E-state index contributed by atoms with van der Waals surface area (Å²) in [5.74, 6) is 0.733. The maximum Gasteiger partial charge on any atom is 0.213 e. The Morgan fingerprint density at radius 3 is 2.86 bits per heavy atom. The van der Waals surface area contributed by atoms with E-state index in [1.807, 2.05) is 20.0 Å². The summed E-state index contributed by atoms with van der Waals surface area (Å²) in [6, 6.07) is 4.05. The molecular formula is C11H18N2O. The number of ether oxygens (including phenoxy) is 1. The molecule has 0 unspecified atom stereocenters. The molecule has 0 aliphatic rings. The summed E-state index contributed by atoms with van der Waals surface area (Å²) >= 11 is 0. The molecule has 0 amide bonds. The van der Waals surface area contributed by atoms with Crippen LogP contribution in [0.25, 0.3) is 0 Å². The standard InChI is InChI=1S/C11H18N2O/c1-4-5-14-11-7-10(8-12-3)6-9(2)13-11/h6-7,12H,4-5,8H2,1-3H3. The van der Waals surface area contributed by atoms with Gasteiger partial charge in [0.25, 0.3) is 0 Å². The zero-order valence-electron chi connectivity index (χ0n) is 9.13. The quantitative estimate of drug-likeness (QED) is 0.777. The highest BCUT2D eigenvalue weighted by Gasteiger charge is 1.99. The number of hydrogen-bond acceptors (Lipinski definition) is 3. The van der Waals surface area contributed by atoms with Crippen LogP contribution < -0.4 is 10.1 Å². The Labute approximate surface area is 85.5 Å². The van der Waals surface area contributed by atoms with Gasteiger partial charge in [-0.3, -0.25) is 0 Å². The first-order valence-corrected chi connectivity index (χ1v) is 5.01. The van der Waals surface area contributed by atoms with Crippen molar-refractivity contribution in [1.29, 1.82) is 0 Å². The van der Waals surface area contributed by atoms with E-state index in [0.717, 1.165) is 31.1 Å². The summed E-state index contributed by atoms with van der Waals surface area (Å²) in [6.45, 7) is 5.66. The van der Waals surface area contributed by atoms with Gasteiger partial charge in [-0.05, 0) is 32.0 Å². The van der Waals surface area contributed by atoms with E-state index in [2.05, 4.69) is 23.3 Å². The Bertz CT molecular complexity index is 287. The molecule has 0 spiro atoms. The van der Waals surface area contributed by atoms with Gasteiger partial charge in [0, 0.05) is 18.3 Å². The third-order valence-electron chi connectivity index (χ3n) is 1.82. The predicted molar refractivity (Wildman–Crippen MR) is 57.5 cm³/mol. The van der Waals surface area contributed by atoms with E-state index in [1.54, 1.807) is 0 Å². The normalized spacial score (nSPS) is 10.2. The van der Waals surface area contributed by atoms with E-state index in [4.69, 9.17) is 4.74 Å². The lowest BCUT2D eigenvalue weighted by molar-refractivity contribution is 0.304. The molecule has 3 nitrogen and oxygen atoms in total. The van der Waals surface area contributed by atoms with Crippen molar-refractivity contribution in [3.05, 3.63) is 23.4 Å². The van der Waals surface area contributed by atoms with Crippen LogP contribution in [0.15, 0.2) is 12.1 Å². The lowest BCUT2D eigenvalue weighted by atomic mass is 10.2. The lowest BCUT2D eigenvalue weighted by Gasteiger charge is -2.07. The molecule has 0 saturated carbocycles. The number of rotatable bonds is 5. The lowest BCUT2D eigenvalue weighted by Crippen LogP contribution is -2.07. The summed E-state index contributed by atoms with van der Waals surface area (Å²) < 4.78 is 5.48. The fourth-order valence-corrected chi connectivity index (χ4v) is 1.29. The van der Waals surface area contributed by atoms with Gasteiger partial charge in [-0.2, -0.15) is 0 Å². The molecular weight excluding hydrogens is 176 g/mol. The van der Waals surface area contributed by atoms with E-state index in [-0.39, 0.29) is 0 Å². The molecule has 1 aromatic heterocycles. The number of aromatic nitrogens is 1. The molecule has 1 heterocycles. The summed E-state index contributed by atoms with van der Waals surface area (Å²) in [6.07, 6.45) is 1.01. The SMILES string of the molecule is CCCOc1cc(CNC)cc(C)n1. The molecule has 0 saturated heterocycles. The van der Waals surface area contributed by atoms with E-state index in [1.165, 1.54) is 5.56 Å². The minimum atomic E-state index is 0.732. The Hall–Kier alpha value is -1.09. The van der Waals surface area contributed by atoms with Crippen LogP contribution in [0.5, 0.6) is 5.88 Å². The van der Waals surface area contributed by atoms with Gasteiger partial charge in [0.15, 0.2) is 0 Å². The summed E-state index contributed by atoms with van der Waals surface area (Å²) in [5, 5.41) is 3.11. The van der Waals surface area contributed by atoms with Gasteiger partial charge in [0.1, 0.15) is 0 Å². The minimum absolute atomic E-state index is 0.732. The molecule has 14 heavy (non-hydrogen) atoms. The molecule has 0 bridgehead atoms. The third kappa shape index (κ3) is 3.34. The van der Waals surface area contributed by atoms with Crippen LogP contribution in [0.1, 0.15) is 24.6 Å². The highest BCUT2D eigenvalue weighted by molar-refractivity contribution is 5.24. The van der Waals surface area contributed by atoms with Gasteiger partial charge < -0.3 is 10.1 Å². The minimum Gasteiger partial charge on any atom is -0.478 e. The average molecular weight is 194 g/mol. The van der Waals surface area contributed by atoms with Gasteiger partial charge in [-0.15, -0.1) is 0 Å². The van der Waals surface area contributed by atoms with E-state index in [9.17, 15) is 0 Å². The first-order valence-electron chi connectivity index (χ1n) is 5.01. The van der Waals surface area contributed by atoms with E-state index in [0.29, 0.717) is 0 Å². The van der Waals surface area contributed by atoms with Crippen molar-refractivity contribution >= 4 is 0 Å². The van der Waals surface area contributed by atoms with Crippen LogP contribution in [0.4, 0.5) is 0 Å². The second kappa shape index (κ2) is 5.60. The van der Waals surface area contributed by atoms with Crippen LogP contribution in [0.3, 0.4) is 0 Å². The Morgan fingerprint density at radius 1 is 1.43 bits per heavy atom. The number of pyridine rings is 1. The fourth-order valence-electron chi connectivity index (χ4n) is 1.29. The molecule has 0 atom stereocenters. The molecule has 1 rings (SSSR count). The van der Waals surface area contributed by atoms with Gasteiger partial charge in [-0.25, -0.2) is 4.98 Å². The predicted octanol–water partition coefficient (Wildman–Crippen LogP) is 1.90. The summed E-state index contributed by atoms with van der Waals surface area (Å²) in [4.78, 5) is 4.30. The number of aryl methyl sites for hydroxylation is 1. The van der Waals surface area contributed by atoms with E-state index < -0.39 is 0 Å². The van der Waals surface area contributed by atoms with Crippen LogP contribution in [0, 0.1) is 6.92 Å². The highest BCUT2D eigenvalue weighted by Crippen LogP contribution is 2.12. The first-order chi connectivity index (χ1) is 6.76. The third-order valence-corrected chi connectivity index (χ3v) is 1.82. The second-order valence-corrected chi connectivity index (χ2v) is 3.33. The molecule has 0 radical (unpaired) electrons. The zero-order valence-corrected chi connectivity index (χ0v) is 9.13. The topological polar surface area (TPSA) is 34.1 Å². The molecule has 0 fully saturated rings. The maximum absolute atomic E-state index is 5.48. The summed E-state index contributed by atoms with van der Waals surface area (Å²) in [5.41, 5.74) is 2.22. The Kier molecular flexibility index (Phi) is 4.40. The monoisotopic (exact) mass is 194 g/mol. The smallest absolute Gasteiger partial charge is 0.213 e. The van der Waals surface area contributed by atoms with Crippen LogP contribution in [-0.2, 0) is 6.54 Å². The maximum atomic E-state index is 5.48. The van der Waals surface area contributed by atoms with Gasteiger partial charge in [0.2, 0.25) is 5.88 Å². The molecule has 1 N–H and O–H groups in total. The van der Waals surface area contributed by atoms with Crippen LogP contribution in [-0.4, -0.2) is 18.6 Å². The molecule has 3 heteroatoms. The zero-order chi connectivity index (χ0) is 10.4. The molecule has 0 aliphatic heterocycles. The van der Waals surface area contributed by atoms with Crippen molar-refractivity contribution in [1.82, 2.24) is 10.3 Å². The van der Waals surface area contributed by atoms with Crippen LogP contribution >= 0.6 is 0 Å². The van der Waals surface area contributed by atoms with Crippen molar-refractivity contribution in [2.45, 2.75) is 26.8 Å². The molecule has 1 aromatic rings.